The Morgan fingerprint density at radius 1 is 1.64 bits per heavy atom. The van der Waals surface area contributed by atoms with Crippen LogP contribution in [0.4, 0.5) is 5.82 Å². The Balaban J connectivity index is 2.56. The molecule has 0 amide bonds. The summed E-state index contributed by atoms with van der Waals surface area (Å²) in [6.45, 7) is 2.09. The summed E-state index contributed by atoms with van der Waals surface area (Å²) in [6.07, 6.45) is 2.67. The fraction of sp³-hybridized carbons (Fsp3) is 0.400. The standard InChI is InChI=1S/C10H14N2OS/c1-2-6-14-7-9(13)8-4-3-5-12-10(8)11/h3-5H,2,6-7H2,1H3,(H2,11,12). The van der Waals surface area contributed by atoms with Crippen molar-refractivity contribution < 1.29 is 4.79 Å². The number of carbonyl (C=O) groups is 1. The fourth-order valence-electron chi connectivity index (χ4n) is 1.04. The maximum atomic E-state index is 11.6. The molecule has 0 aliphatic heterocycles. The molecule has 1 rings (SSSR count). The molecule has 0 radical (unpaired) electrons. The van der Waals surface area contributed by atoms with Crippen molar-refractivity contribution in [3.8, 4) is 0 Å². The molecule has 1 heterocycles. The van der Waals surface area contributed by atoms with Crippen molar-refractivity contribution in [2.24, 2.45) is 0 Å². The van der Waals surface area contributed by atoms with Gasteiger partial charge in [0.2, 0.25) is 0 Å². The second-order valence-electron chi connectivity index (χ2n) is 2.91. The molecular formula is C10H14N2OS. The number of hydrogen-bond donors (Lipinski definition) is 1. The lowest BCUT2D eigenvalue weighted by molar-refractivity contribution is 0.102. The molecule has 3 nitrogen and oxygen atoms in total. The molecule has 1 aromatic rings. The Hall–Kier alpha value is -1.03. The molecule has 0 saturated heterocycles. The van der Waals surface area contributed by atoms with E-state index in [1.165, 1.54) is 0 Å². The highest BCUT2D eigenvalue weighted by Gasteiger charge is 2.09. The normalized spacial score (nSPS) is 10.1. The molecule has 0 bridgehead atoms. The fourth-order valence-corrected chi connectivity index (χ4v) is 1.81. The smallest absolute Gasteiger partial charge is 0.176 e. The maximum Gasteiger partial charge on any atom is 0.176 e. The summed E-state index contributed by atoms with van der Waals surface area (Å²) in [5.41, 5.74) is 6.12. The first kappa shape index (κ1) is 11.0. The van der Waals surface area contributed by atoms with Crippen LogP contribution in [0.3, 0.4) is 0 Å². The molecule has 0 unspecified atom stereocenters. The van der Waals surface area contributed by atoms with Crippen molar-refractivity contribution in [1.82, 2.24) is 4.98 Å². The van der Waals surface area contributed by atoms with E-state index in [2.05, 4.69) is 11.9 Å². The van der Waals surface area contributed by atoms with E-state index in [-0.39, 0.29) is 5.78 Å². The first-order valence-electron chi connectivity index (χ1n) is 4.57. The Morgan fingerprint density at radius 2 is 2.43 bits per heavy atom. The number of pyridine rings is 1. The number of carbonyl (C=O) groups excluding carboxylic acids is 1. The van der Waals surface area contributed by atoms with Crippen molar-refractivity contribution in [2.45, 2.75) is 13.3 Å². The molecule has 0 aliphatic carbocycles. The zero-order chi connectivity index (χ0) is 10.4. The number of thioether (sulfide) groups is 1. The van der Waals surface area contributed by atoms with Gasteiger partial charge in [-0.1, -0.05) is 6.92 Å². The summed E-state index contributed by atoms with van der Waals surface area (Å²) >= 11 is 1.63. The van der Waals surface area contributed by atoms with Gasteiger partial charge in [-0.2, -0.15) is 11.8 Å². The second-order valence-corrected chi connectivity index (χ2v) is 4.02. The van der Waals surface area contributed by atoms with E-state index in [0.717, 1.165) is 12.2 Å². The Kier molecular flexibility index (Phi) is 4.46. The SMILES string of the molecule is CCCSCC(=O)c1cccnc1N. The van der Waals surface area contributed by atoms with E-state index < -0.39 is 0 Å². The van der Waals surface area contributed by atoms with Gasteiger partial charge < -0.3 is 5.73 Å². The topological polar surface area (TPSA) is 56.0 Å². The van der Waals surface area contributed by atoms with Crippen molar-refractivity contribution in [1.29, 1.82) is 0 Å². The summed E-state index contributed by atoms with van der Waals surface area (Å²) in [5, 5.41) is 0. The predicted molar refractivity (Wildman–Crippen MR) is 60.6 cm³/mol. The van der Waals surface area contributed by atoms with Crippen LogP contribution >= 0.6 is 11.8 Å². The lowest BCUT2D eigenvalue weighted by Crippen LogP contribution is -2.07. The third-order valence-corrected chi connectivity index (χ3v) is 2.88. The van der Waals surface area contributed by atoms with E-state index >= 15 is 0 Å². The van der Waals surface area contributed by atoms with E-state index in [1.54, 1.807) is 30.1 Å². The van der Waals surface area contributed by atoms with Crippen LogP contribution in [0, 0.1) is 0 Å². The first-order chi connectivity index (χ1) is 6.75. The monoisotopic (exact) mass is 210 g/mol. The predicted octanol–water partition coefficient (Wildman–Crippen LogP) is 1.99. The van der Waals surface area contributed by atoms with Crippen LogP contribution in [0.5, 0.6) is 0 Å². The second kappa shape index (κ2) is 5.65. The number of nitrogens with zero attached hydrogens (tertiary/aromatic N) is 1. The molecule has 14 heavy (non-hydrogen) atoms. The number of Topliss-reactive ketones (excluding diaryl/α,β-unsaturated/α-hetero) is 1. The van der Waals surface area contributed by atoms with Crippen LogP contribution in [0.2, 0.25) is 0 Å². The third kappa shape index (κ3) is 3.03. The van der Waals surface area contributed by atoms with Crippen LogP contribution in [-0.4, -0.2) is 22.3 Å². The van der Waals surface area contributed by atoms with Gasteiger partial charge in [-0.25, -0.2) is 4.98 Å². The quantitative estimate of drug-likeness (QED) is 0.596. The molecular weight excluding hydrogens is 196 g/mol. The molecule has 0 aromatic carbocycles. The minimum absolute atomic E-state index is 0.0639. The van der Waals surface area contributed by atoms with E-state index in [1.807, 2.05) is 0 Å². The molecule has 0 spiro atoms. The van der Waals surface area contributed by atoms with Gasteiger partial charge in [0.15, 0.2) is 5.78 Å². The summed E-state index contributed by atoms with van der Waals surface area (Å²) in [6, 6.07) is 3.45. The maximum absolute atomic E-state index is 11.6. The van der Waals surface area contributed by atoms with Crippen LogP contribution in [0.25, 0.3) is 0 Å². The average molecular weight is 210 g/mol. The zero-order valence-electron chi connectivity index (χ0n) is 8.19. The molecule has 76 valence electrons. The van der Waals surface area contributed by atoms with E-state index in [0.29, 0.717) is 17.1 Å². The first-order valence-corrected chi connectivity index (χ1v) is 5.72. The van der Waals surface area contributed by atoms with Gasteiger partial charge >= 0.3 is 0 Å². The lowest BCUT2D eigenvalue weighted by Gasteiger charge is -2.02. The van der Waals surface area contributed by atoms with Gasteiger partial charge in [0, 0.05) is 6.20 Å². The highest BCUT2D eigenvalue weighted by atomic mass is 32.2. The Morgan fingerprint density at radius 3 is 3.07 bits per heavy atom. The summed E-state index contributed by atoms with van der Waals surface area (Å²) < 4.78 is 0. The van der Waals surface area contributed by atoms with Crippen LogP contribution in [0.15, 0.2) is 18.3 Å². The lowest BCUT2D eigenvalue weighted by atomic mass is 10.2. The van der Waals surface area contributed by atoms with Crippen molar-refractivity contribution in [2.75, 3.05) is 17.2 Å². The third-order valence-electron chi connectivity index (χ3n) is 1.72. The van der Waals surface area contributed by atoms with Gasteiger partial charge in [0.1, 0.15) is 5.82 Å². The number of nitrogen functional groups attached to an aromatic ring is 1. The van der Waals surface area contributed by atoms with Gasteiger partial charge in [-0.3, -0.25) is 4.79 Å². The highest BCUT2D eigenvalue weighted by molar-refractivity contribution is 7.99. The van der Waals surface area contributed by atoms with Crippen molar-refractivity contribution in [3.63, 3.8) is 0 Å². The molecule has 0 atom stereocenters. The van der Waals surface area contributed by atoms with Crippen LogP contribution in [0.1, 0.15) is 23.7 Å². The minimum atomic E-state index is 0.0639. The summed E-state index contributed by atoms with van der Waals surface area (Å²) in [5.74, 6) is 1.89. The number of nitrogens with two attached hydrogens (primary N) is 1. The van der Waals surface area contributed by atoms with Crippen molar-refractivity contribution >= 4 is 23.4 Å². The largest absolute Gasteiger partial charge is 0.383 e. The summed E-state index contributed by atoms with van der Waals surface area (Å²) in [4.78, 5) is 15.5. The van der Waals surface area contributed by atoms with Gasteiger partial charge in [-0.05, 0) is 24.3 Å². The van der Waals surface area contributed by atoms with E-state index in [4.69, 9.17) is 5.73 Å². The van der Waals surface area contributed by atoms with Crippen LogP contribution in [-0.2, 0) is 0 Å². The number of hydrogen-bond acceptors (Lipinski definition) is 4. The molecule has 0 fully saturated rings. The summed E-state index contributed by atoms with van der Waals surface area (Å²) in [7, 11) is 0. The average Bonchev–Trinajstić information content (AvgIpc) is 2.18. The molecule has 0 aliphatic rings. The molecule has 0 saturated carbocycles. The number of ketones is 1. The molecule has 2 N–H and O–H groups in total. The van der Waals surface area contributed by atoms with Crippen molar-refractivity contribution in [3.05, 3.63) is 23.9 Å². The van der Waals surface area contributed by atoms with Gasteiger partial charge in [-0.15, -0.1) is 0 Å². The number of aromatic nitrogens is 1. The number of anilines is 1. The zero-order valence-corrected chi connectivity index (χ0v) is 9.01. The molecule has 1 aromatic heterocycles. The van der Waals surface area contributed by atoms with Crippen LogP contribution < -0.4 is 5.73 Å². The minimum Gasteiger partial charge on any atom is -0.383 e. The number of rotatable bonds is 5. The highest BCUT2D eigenvalue weighted by Crippen LogP contribution is 2.12. The van der Waals surface area contributed by atoms with Gasteiger partial charge in [0.05, 0.1) is 11.3 Å². The van der Waals surface area contributed by atoms with Gasteiger partial charge in [0.25, 0.3) is 0 Å². The van der Waals surface area contributed by atoms with E-state index in [9.17, 15) is 4.79 Å². The molecule has 4 heteroatoms. The Bertz CT molecular complexity index is 315. The Labute approximate surface area is 88.1 Å².